The van der Waals surface area contributed by atoms with E-state index in [1.807, 2.05) is 0 Å². The van der Waals surface area contributed by atoms with Crippen LogP contribution in [0, 0.1) is 0 Å². The van der Waals surface area contributed by atoms with Crippen molar-refractivity contribution in [2.24, 2.45) is 5.73 Å². The first-order chi connectivity index (χ1) is 7.91. The Morgan fingerprint density at radius 2 is 1.82 bits per heavy atom. The van der Waals surface area contributed by atoms with Crippen molar-refractivity contribution in [3.8, 4) is 0 Å². The van der Waals surface area contributed by atoms with E-state index in [2.05, 4.69) is 5.32 Å². The van der Waals surface area contributed by atoms with E-state index >= 15 is 0 Å². The number of aliphatic carboxylic acids is 1. The highest BCUT2D eigenvalue weighted by molar-refractivity contribution is 5.89. The SMILES string of the molecule is CN(C)C(=O)Nc1ccc(C(N)C(=O)O)cc1. The van der Waals surface area contributed by atoms with E-state index in [9.17, 15) is 9.59 Å². The maximum atomic E-state index is 11.3. The van der Waals surface area contributed by atoms with Crippen LogP contribution < -0.4 is 11.1 Å². The lowest BCUT2D eigenvalue weighted by atomic mass is 10.1. The van der Waals surface area contributed by atoms with Gasteiger partial charge >= 0.3 is 12.0 Å². The van der Waals surface area contributed by atoms with Crippen LogP contribution in [-0.2, 0) is 4.79 Å². The molecule has 0 saturated carbocycles. The first kappa shape index (κ1) is 13.0. The van der Waals surface area contributed by atoms with E-state index in [0.29, 0.717) is 11.3 Å². The van der Waals surface area contributed by atoms with E-state index in [1.54, 1.807) is 38.4 Å². The Labute approximate surface area is 99.0 Å². The average molecular weight is 237 g/mol. The summed E-state index contributed by atoms with van der Waals surface area (Å²) in [7, 11) is 3.26. The van der Waals surface area contributed by atoms with Gasteiger partial charge in [0.2, 0.25) is 0 Å². The summed E-state index contributed by atoms with van der Waals surface area (Å²) < 4.78 is 0. The molecular formula is C11H15N3O3. The smallest absolute Gasteiger partial charge is 0.325 e. The minimum absolute atomic E-state index is 0.250. The number of hydrogen-bond donors (Lipinski definition) is 3. The summed E-state index contributed by atoms with van der Waals surface area (Å²) in [5.41, 5.74) is 6.52. The lowest BCUT2D eigenvalue weighted by molar-refractivity contribution is -0.138. The van der Waals surface area contributed by atoms with Crippen LogP contribution in [0.5, 0.6) is 0 Å². The monoisotopic (exact) mass is 237 g/mol. The first-order valence-electron chi connectivity index (χ1n) is 4.98. The number of carboxylic acid groups (broad SMARTS) is 1. The largest absolute Gasteiger partial charge is 0.480 e. The summed E-state index contributed by atoms with van der Waals surface area (Å²) in [5.74, 6) is -1.09. The Kier molecular flexibility index (Phi) is 4.06. The zero-order valence-electron chi connectivity index (χ0n) is 9.68. The third-order valence-electron chi connectivity index (χ3n) is 2.19. The van der Waals surface area contributed by atoms with E-state index in [-0.39, 0.29) is 6.03 Å². The molecule has 0 aliphatic heterocycles. The molecule has 0 radical (unpaired) electrons. The van der Waals surface area contributed by atoms with Crippen molar-refractivity contribution in [1.82, 2.24) is 4.90 Å². The van der Waals surface area contributed by atoms with Gasteiger partial charge in [0.15, 0.2) is 0 Å². The Morgan fingerprint density at radius 1 is 1.29 bits per heavy atom. The molecule has 0 aliphatic carbocycles. The van der Waals surface area contributed by atoms with Crippen LogP contribution in [0.1, 0.15) is 11.6 Å². The second kappa shape index (κ2) is 5.31. The third-order valence-corrected chi connectivity index (χ3v) is 2.19. The predicted octanol–water partition coefficient (Wildman–Crippen LogP) is 0.864. The van der Waals surface area contributed by atoms with Crippen LogP contribution in [-0.4, -0.2) is 36.1 Å². The zero-order chi connectivity index (χ0) is 13.0. The number of nitrogens with zero attached hydrogens (tertiary/aromatic N) is 1. The highest BCUT2D eigenvalue weighted by Gasteiger charge is 2.13. The topological polar surface area (TPSA) is 95.7 Å². The van der Waals surface area contributed by atoms with Crippen molar-refractivity contribution in [2.45, 2.75) is 6.04 Å². The number of carboxylic acids is 1. The second-order valence-corrected chi connectivity index (χ2v) is 3.76. The predicted molar refractivity (Wildman–Crippen MR) is 63.7 cm³/mol. The van der Waals surface area contributed by atoms with Crippen molar-refractivity contribution in [3.63, 3.8) is 0 Å². The molecule has 0 saturated heterocycles. The van der Waals surface area contributed by atoms with Crippen molar-refractivity contribution in [3.05, 3.63) is 29.8 Å². The van der Waals surface area contributed by atoms with Crippen LogP contribution in [0.15, 0.2) is 24.3 Å². The molecular weight excluding hydrogens is 222 g/mol. The van der Waals surface area contributed by atoms with Gasteiger partial charge in [-0.1, -0.05) is 12.1 Å². The number of anilines is 1. The van der Waals surface area contributed by atoms with Crippen molar-refractivity contribution in [2.75, 3.05) is 19.4 Å². The van der Waals surface area contributed by atoms with Gasteiger partial charge in [0.1, 0.15) is 6.04 Å². The number of nitrogens with one attached hydrogen (secondary N) is 1. The quantitative estimate of drug-likeness (QED) is 0.726. The van der Waals surface area contributed by atoms with Gasteiger partial charge in [-0.05, 0) is 17.7 Å². The number of carbonyl (C=O) groups is 2. The molecule has 0 heterocycles. The second-order valence-electron chi connectivity index (χ2n) is 3.76. The van der Waals surface area contributed by atoms with Gasteiger partial charge < -0.3 is 21.1 Å². The number of nitrogens with two attached hydrogens (primary N) is 1. The minimum atomic E-state index is -1.09. The Hall–Kier alpha value is -2.08. The summed E-state index contributed by atoms with van der Waals surface area (Å²) in [6, 6.07) is 5.07. The maximum absolute atomic E-state index is 11.3. The molecule has 4 N–H and O–H groups in total. The summed E-state index contributed by atoms with van der Waals surface area (Å²) in [6.07, 6.45) is 0. The normalized spacial score (nSPS) is 11.7. The van der Waals surface area contributed by atoms with E-state index in [4.69, 9.17) is 10.8 Å². The molecule has 0 bridgehead atoms. The van der Waals surface area contributed by atoms with Gasteiger partial charge in [-0.25, -0.2) is 4.79 Å². The van der Waals surface area contributed by atoms with Gasteiger partial charge in [0.25, 0.3) is 0 Å². The Balaban J connectivity index is 2.75. The molecule has 0 aromatic heterocycles. The Bertz CT molecular complexity index is 414. The Morgan fingerprint density at radius 3 is 2.24 bits per heavy atom. The average Bonchev–Trinajstić information content (AvgIpc) is 2.28. The van der Waals surface area contributed by atoms with Gasteiger partial charge in [-0.3, -0.25) is 4.79 Å². The number of urea groups is 1. The van der Waals surface area contributed by atoms with Crippen LogP contribution in [0.2, 0.25) is 0 Å². The van der Waals surface area contributed by atoms with E-state index < -0.39 is 12.0 Å². The summed E-state index contributed by atoms with van der Waals surface area (Å²) >= 11 is 0. The van der Waals surface area contributed by atoms with Crippen LogP contribution >= 0.6 is 0 Å². The van der Waals surface area contributed by atoms with Crippen LogP contribution in [0.4, 0.5) is 10.5 Å². The molecule has 0 aliphatic rings. The molecule has 0 spiro atoms. The molecule has 1 atom stereocenters. The molecule has 1 rings (SSSR count). The number of hydrogen-bond acceptors (Lipinski definition) is 3. The van der Waals surface area contributed by atoms with Gasteiger partial charge in [0, 0.05) is 19.8 Å². The van der Waals surface area contributed by atoms with Crippen molar-refractivity contribution >= 4 is 17.7 Å². The number of rotatable bonds is 3. The number of amides is 2. The van der Waals surface area contributed by atoms with Gasteiger partial charge in [-0.2, -0.15) is 0 Å². The summed E-state index contributed by atoms with van der Waals surface area (Å²) in [6.45, 7) is 0. The molecule has 1 unspecified atom stereocenters. The molecule has 2 amide bonds. The highest BCUT2D eigenvalue weighted by atomic mass is 16.4. The zero-order valence-corrected chi connectivity index (χ0v) is 9.68. The molecule has 17 heavy (non-hydrogen) atoms. The van der Waals surface area contributed by atoms with Gasteiger partial charge in [-0.15, -0.1) is 0 Å². The van der Waals surface area contributed by atoms with Crippen molar-refractivity contribution in [1.29, 1.82) is 0 Å². The lowest BCUT2D eigenvalue weighted by Crippen LogP contribution is -2.27. The number of benzene rings is 1. The summed E-state index contributed by atoms with van der Waals surface area (Å²) in [5, 5.41) is 11.4. The van der Waals surface area contributed by atoms with E-state index in [1.165, 1.54) is 4.90 Å². The number of carbonyl (C=O) groups excluding carboxylic acids is 1. The molecule has 6 nitrogen and oxygen atoms in total. The van der Waals surface area contributed by atoms with Crippen molar-refractivity contribution < 1.29 is 14.7 Å². The van der Waals surface area contributed by atoms with Gasteiger partial charge in [0.05, 0.1) is 0 Å². The fourth-order valence-corrected chi connectivity index (χ4v) is 1.15. The van der Waals surface area contributed by atoms with Crippen LogP contribution in [0.3, 0.4) is 0 Å². The summed E-state index contributed by atoms with van der Waals surface area (Å²) in [4.78, 5) is 23.4. The van der Waals surface area contributed by atoms with Crippen LogP contribution in [0.25, 0.3) is 0 Å². The third kappa shape index (κ3) is 3.46. The fraction of sp³-hybridized carbons (Fsp3) is 0.273. The fourth-order valence-electron chi connectivity index (χ4n) is 1.15. The highest BCUT2D eigenvalue weighted by Crippen LogP contribution is 2.15. The lowest BCUT2D eigenvalue weighted by Gasteiger charge is -2.12. The molecule has 0 fully saturated rings. The molecule has 92 valence electrons. The molecule has 1 aromatic carbocycles. The van der Waals surface area contributed by atoms with E-state index in [0.717, 1.165) is 0 Å². The molecule has 6 heteroatoms. The minimum Gasteiger partial charge on any atom is -0.480 e. The molecule has 1 aromatic rings. The first-order valence-corrected chi connectivity index (χ1v) is 4.98. The maximum Gasteiger partial charge on any atom is 0.325 e. The standard InChI is InChI=1S/C11H15N3O3/c1-14(2)11(17)13-8-5-3-7(4-6-8)9(12)10(15)16/h3-6,9H,12H2,1-2H3,(H,13,17)(H,15,16).